The standard InChI is InChI=1S/C44H38N6O/c1-29(2)32-14-13-15-33(26-32)30(3)46-43(51)42-47-38-27-37-40(28-39(38)48-42)50(49-41(37)31-22-24-45-25-23-31)44(34-16-7-4-8-17-34,35-18-9-5-10-19-35)36-20-11-6-12-21-36/h4-30H,1-3H3,(H,46,51)(H,47,48). The summed E-state index contributed by atoms with van der Waals surface area (Å²) in [7, 11) is 0. The molecule has 5 aromatic carbocycles. The molecule has 7 heteroatoms. The molecule has 0 spiro atoms. The smallest absolute Gasteiger partial charge is 0.287 e. The molecule has 0 aliphatic carbocycles. The Kier molecular flexibility index (Phi) is 8.24. The maximum atomic E-state index is 13.7. The van der Waals surface area contributed by atoms with Gasteiger partial charge in [-0.25, -0.2) is 9.67 Å². The maximum Gasteiger partial charge on any atom is 0.287 e. The van der Waals surface area contributed by atoms with E-state index in [0.29, 0.717) is 11.4 Å². The minimum absolute atomic E-state index is 0.196. The SMILES string of the molecule is CC(C)c1cccc(C(C)NC(=O)c2nc3cc4c(-c5ccncc5)nn(C(c5ccccc5)(c5ccccc5)c5ccccc5)c4cc3[nH]2)c1. The number of carbonyl (C=O) groups is 1. The van der Waals surface area contributed by atoms with Gasteiger partial charge in [-0.3, -0.25) is 9.78 Å². The van der Waals surface area contributed by atoms with E-state index in [-0.39, 0.29) is 17.8 Å². The van der Waals surface area contributed by atoms with Gasteiger partial charge in [0.1, 0.15) is 11.2 Å². The van der Waals surface area contributed by atoms with Gasteiger partial charge in [0.05, 0.1) is 22.6 Å². The second-order valence-corrected chi connectivity index (χ2v) is 13.3. The van der Waals surface area contributed by atoms with Crippen LogP contribution in [0.2, 0.25) is 0 Å². The highest BCUT2D eigenvalue weighted by Crippen LogP contribution is 2.44. The number of H-pyrrole nitrogens is 1. The third-order valence-electron chi connectivity index (χ3n) is 9.77. The number of imidazole rings is 1. The van der Waals surface area contributed by atoms with Crippen molar-refractivity contribution in [2.45, 2.75) is 38.3 Å². The van der Waals surface area contributed by atoms with Crippen molar-refractivity contribution in [3.05, 3.63) is 186 Å². The van der Waals surface area contributed by atoms with Gasteiger partial charge >= 0.3 is 0 Å². The van der Waals surface area contributed by atoms with E-state index in [1.54, 1.807) is 12.4 Å². The molecule has 3 heterocycles. The van der Waals surface area contributed by atoms with Crippen LogP contribution in [0.25, 0.3) is 33.2 Å². The lowest BCUT2D eigenvalue weighted by atomic mass is 9.77. The van der Waals surface area contributed by atoms with E-state index >= 15 is 0 Å². The molecule has 8 aromatic rings. The van der Waals surface area contributed by atoms with E-state index in [1.807, 2.05) is 55.5 Å². The summed E-state index contributed by atoms with van der Waals surface area (Å²) in [4.78, 5) is 26.1. The number of nitrogens with zero attached hydrogens (tertiary/aromatic N) is 4. The number of aromatic amines is 1. The number of rotatable bonds is 9. The Balaban J connectivity index is 1.34. The van der Waals surface area contributed by atoms with Crippen LogP contribution in [0.3, 0.4) is 0 Å². The van der Waals surface area contributed by atoms with Crippen LogP contribution in [0.15, 0.2) is 152 Å². The molecule has 1 atom stereocenters. The van der Waals surface area contributed by atoms with Crippen LogP contribution < -0.4 is 5.32 Å². The largest absolute Gasteiger partial charge is 0.343 e. The van der Waals surface area contributed by atoms with E-state index in [2.05, 4.69) is 125 Å². The fraction of sp³-hybridized carbons (Fsp3) is 0.136. The van der Waals surface area contributed by atoms with E-state index in [1.165, 1.54) is 5.56 Å². The fourth-order valence-electron chi connectivity index (χ4n) is 7.14. The lowest BCUT2D eigenvalue weighted by Gasteiger charge is -2.37. The van der Waals surface area contributed by atoms with E-state index < -0.39 is 5.54 Å². The summed E-state index contributed by atoms with van der Waals surface area (Å²) in [5.41, 5.74) is 8.68. The molecule has 0 aliphatic heterocycles. The highest BCUT2D eigenvalue weighted by atomic mass is 16.2. The Morgan fingerprint density at radius 1 is 0.706 bits per heavy atom. The van der Waals surface area contributed by atoms with Crippen molar-refractivity contribution in [3.63, 3.8) is 0 Å². The molecule has 0 saturated heterocycles. The maximum absolute atomic E-state index is 13.7. The summed E-state index contributed by atoms with van der Waals surface area (Å²) in [6.45, 7) is 6.34. The number of carbonyl (C=O) groups excluding carboxylic acids is 1. The molecular formula is C44H38N6O. The quantitative estimate of drug-likeness (QED) is 0.150. The van der Waals surface area contributed by atoms with Crippen LogP contribution in [0.4, 0.5) is 0 Å². The van der Waals surface area contributed by atoms with E-state index in [9.17, 15) is 4.79 Å². The predicted molar refractivity (Wildman–Crippen MR) is 204 cm³/mol. The number of aromatic nitrogens is 5. The van der Waals surface area contributed by atoms with Crippen molar-refractivity contribution < 1.29 is 4.79 Å². The first-order valence-electron chi connectivity index (χ1n) is 17.3. The molecule has 0 fully saturated rings. The number of benzene rings is 5. The lowest BCUT2D eigenvalue weighted by Crippen LogP contribution is -2.38. The van der Waals surface area contributed by atoms with Gasteiger partial charge in [0.15, 0.2) is 5.82 Å². The Morgan fingerprint density at radius 3 is 1.88 bits per heavy atom. The number of pyridine rings is 1. The van der Waals surface area contributed by atoms with Gasteiger partial charge in [-0.1, -0.05) is 129 Å². The van der Waals surface area contributed by atoms with Gasteiger partial charge in [-0.2, -0.15) is 5.10 Å². The molecular weight excluding hydrogens is 629 g/mol. The van der Waals surface area contributed by atoms with Crippen molar-refractivity contribution in [1.29, 1.82) is 0 Å². The molecule has 0 bridgehead atoms. The van der Waals surface area contributed by atoms with Gasteiger partial charge in [0.25, 0.3) is 5.91 Å². The van der Waals surface area contributed by atoms with Crippen LogP contribution in [0.1, 0.15) is 71.2 Å². The topological polar surface area (TPSA) is 88.5 Å². The minimum atomic E-state index is -0.846. The molecule has 0 aliphatic rings. The van der Waals surface area contributed by atoms with Crippen LogP contribution in [-0.2, 0) is 5.54 Å². The van der Waals surface area contributed by atoms with Crippen molar-refractivity contribution >= 4 is 27.8 Å². The zero-order valence-electron chi connectivity index (χ0n) is 28.8. The first-order chi connectivity index (χ1) is 24.9. The highest BCUT2D eigenvalue weighted by Gasteiger charge is 2.41. The first kappa shape index (κ1) is 31.9. The number of amides is 1. The van der Waals surface area contributed by atoms with Gasteiger partial charge in [0, 0.05) is 23.3 Å². The first-order valence-corrected chi connectivity index (χ1v) is 17.3. The summed E-state index contributed by atoms with van der Waals surface area (Å²) in [5.74, 6) is 0.394. The molecule has 0 saturated carbocycles. The van der Waals surface area contributed by atoms with Gasteiger partial charge in [-0.05, 0) is 64.9 Å². The van der Waals surface area contributed by atoms with Crippen LogP contribution in [0.5, 0.6) is 0 Å². The van der Waals surface area contributed by atoms with Crippen LogP contribution >= 0.6 is 0 Å². The fourth-order valence-corrected chi connectivity index (χ4v) is 7.14. The molecule has 51 heavy (non-hydrogen) atoms. The Labute approximate surface area is 297 Å². The second-order valence-electron chi connectivity index (χ2n) is 13.3. The highest BCUT2D eigenvalue weighted by molar-refractivity contribution is 6.03. The molecule has 0 radical (unpaired) electrons. The minimum Gasteiger partial charge on any atom is -0.343 e. The van der Waals surface area contributed by atoms with Crippen molar-refractivity contribution in [3.8, 4) is 11.3 Å². The third kappa shape index (κ3) is 5.66. The zero-order valence-corrected chi connectivity index (χ0v) is 28.8. The van der Waals surface area contributed by atoms with Gasteiger partial charge < -0.3 is 10.3 Å². The van der Waals surface area contributed by atoms with Crippen molar-refractivity contribution in [2.24, 2.45) is 0 Å². The third-order valence-corrected chi connectivity index (χ3v) is 9.77. The number of hydrogen-bond acceptors (Lipinski definition) is 4. The summed E-state index contributed by atoms with van der Waals surface area (Å²) in [6.07, 6.45) is 3.57. The van der Waals surface area contributed by atoms with Crippen molar-refractivity contribution in [1.82, 2.24) is 30.0 Å². The molecule has 7 nitrogen and oxygen atoms in total. The average molecular weight is 667 g/mol. The molecule has 3 aromatic heterocycles. The second kappa shape index (κ2) is 13.2. The lowest BCUT2D eigenvalue weighted by molar-refractivity contribution is 0.0930. The number of nitrogens with one attached hydrogen (secondary N) is 2. The average Bonchev–Trinajstić information content (AvgIpc) is 3.77. The molecule has 2 N–H and O–H groups in total. The number of fused-ring (bicyclic) bond motifs is 2. The van der Waals surface area contributed by atoms with Gasteiger partial charge in [-0.15, -0.1) is 0 Å². The van der Waals surface area contributed by atoms with Crippen LogP contribution in [0, 0.1) is 0 Å². The predicted octanol–water partition coefficient (Wildman–Crippen LogP) is 9.43. The Bertz CT molecular complexity index is 2360. The van der Waals surface area contributed by atoms with Crippen LogP contribution in [-0.4, -0.2) is 30.6 Å². The molecule has 1 amide bonds. The van der Waals surface area contributed by atoms with Crippen molar-refractivity contribution in [2.75, 3.05) is 0 Å². The van der Waals surface area contributed by atoms with Gasteiger partial charge in [0.2, 0.25) is 0 Å². The summed E-state index contributed by atoms with van der Waals surface area (Å²) in [6, 6.07) is 47.8. The zero-order chi connectivity index (χ0) is 35.0. The summed E-state index contributed by atoms with van der Waals surface area (Å²) < 4.78 is 2.14. The Hall–Kier alpha value is -6.34. The molecule has 250 valence electrons. The van der Waals surface area contributed by atoms with E-state index in [0.717, 1.165) is 49.9 Å². The van der Waals surface area contributed by atoms with E-state index in [4.69, 9.17) is 10.1 Å². The summed E-state index contributed by atoms with van der Waals surface area (Å²) >= 11 is 0. The summed E-state index contributed by atoms with van der Waals surface area (Å²) in [5, 5.41) is 9.55. The molecule has 8 rings (SSSR count). The Morgan fingerprint density at radius 2 is 1.29 bits per heavy atom. The normalized spacial score (nSPS) is 12.4. The molecule has 1 unspecified atom stereocenters. The monoisotopic (exact) mass is 666 g/mol. The number of hydrogen-bond donors (Lipinski definition) is 2.